The molecule has 0 bridgehead atoms. The third-order valence-electron chi connectivity index (χ3n) is 3.04. The Balaban J connectivity index is 2.34. The number of carboxylic acids is 1. The van der Waals surface area contributed by atoms with Gasteiger partial charge >= 0.3 is 5.97 Å². The molecule has 2 rings (SSSR count). The number of aliphatic hydroxyl groups excluding tert-OH is 1. The van der Waals surface area contributed by atoms with Gasteiger partial charge in [-0.25, -0.2) is 8.42 Å². The number of hydrogen-bond donors (Lipinski definition) is 3. The number of carboxylic acid groups (broad SMARTS) is 1. The molecule has 3 N–H and O–H groups in total. The predicted molar refractivity (Wildman–Crippen MR) is 77.4 cm³/mol. The van der Waals surface area contributed by atoms with Crippen molar-refractivity contribution in [2.45, 2.75) is 17.4 Å². The van der Waals surface area contributed by atoms with Crippen LogP contribution in [0.1, 0.15) is 6.42 Å². The Morgan fingerprint density at radius 1 is 1.14 bits per heavy atom. The van der Waals surface area contributed by atoms with Crippen molar-refractivity contribution in [2.75, 3.05) is 6.61 Å². The molecular formula is C14H15NO5S. The predicted octanol–water partition coefficient (Wildman–Crippen LogP) is 0.954. The van der Waals surface area contributed by atoms with Gasteiger partial charge in [0.05, 0.1) is 4.90 Å². The van der Waals surface area contributed by atoms with E-state index in [-0.39, 0.29) is 11.3 Å². The Labute approximate surface area is 122 Å². The van der Waals surface area contributed by atoms with Crippen molar-refractivity contribution in [2.24, 2.45) is 0 Å². The number of rotatable bonds is 6. The molecule has 0 aliphatic carbocycles. The van der Waals surface area contributed by atoms with Gasteiger partial charge < -0.3 is 10.2 Å². The number of fused-ring (bicyclic) bond motifs is 1. The first-order valence-electron chi connectivity index (χ1n) is 6.29. The second kappa shape index (κ2) is 6.21. The summed E-state index contributed by atoms with van der Waals surface area (Å²) < 4.78 is 26.5. The lowest BCUT2D eigenvalue weighted by Gasteiger charge is -2.14. The second-order valence-electron chi connectivity index (χ2n) is 4.53. The van der Waals surface area contributed by atoms with Crippen molar-refractivity contribution >= 4 is 26.8 Å². The van der Waals surface area contributed by atoms with Crippen LogP contribution in [0.3, 0.4) is 0 Å². The minimum absolute atomic E-state index is 0.00890. The van der Waals surface area contributed by atoms with E-state index in [4.69, 9.17) is 10.2 Å². The van der Waals surface area contributed by atoms with Crippen LogP contribution in [0.15, 0.2) is 47.4 Å². The average molecular weight is 309 g/mol. The van der Waals surface area contributed by atoms with E-state index in [2.05, 4.69) is 4.72 Å². The van der Waals surface area contributed by atoms with E-state index in [0.29, 0.717) is 0 Å². The SMILES string of the molecule is O=C(O)[C@H](CCO)NS(=O)(=O)c1ccc2ccccc2c1. The van der Waals surface area contributed by atoms with Gasteiger partial charge in [0.15, 0.2) is 0 Å². The summed E-state index contributed by atoms with van der Waals surface area (Å²) in [4.78, 5) is 11.0. The summed E-state index contributed by atoms with van der Waals surface area (Å²) in [7, 11) is -3.96. The van der Waals surface area contributed by atoms with Gasteiger partial charge in [-0.1, -0.05) is 30.3 Å². The zero-order valence-electron chi connectivity index (χ0n) is 11.1. The summed E-state index contributed by atoms with van der Waals surface area (Å²) in [6.45, 7) is -0.419. The van der Waals surface area contributed by atoms with Crippen LogP contribution in [0.4, 0.5) is 0 Å². The lowest BCUT2D eigenvalue weighted by molar-refractivity contribution is -0.139. The standard InChI is InChI=1S/C14H15NO5S/c16-8-7-13(14(17)18)15-21(19,20)12-6-5-10-3-1-2-4-11(10)9-12/h1-6,9,13,15-16H,7-8H2,(H,17,18)/t13-/m0/s1. The summed E-state index contributed by atoms with van der Waals surface area (Å²) in [5.41, 5.74) is 0. The third-order valence-corrected chi connectivity index (χ3v) is 4.51. The normalized spacial score (nSPS) is 13.2. The molecule has 21 heavy (non-hydrogen) atoms. The quantitative estimate of drug-likeness (QED) is 0.737. The average Bonchev–Trinajstić information content (AvgIpc) is 2.46. The number of sulfonamides is 1. The monoisotopic (exact) mass is 309 g/mol. The molecule has 2 aromatic carbocycles. The van der Waals surface area contributed by atoms with E-state index in [0.717, 1.165) is 10.8 Å². The maximum absolute atomic E-state index is 12.2. The molecule has 2 aromatic rings. The summed E-state index contributed by atoms with van der Waals surface area (Å²) >= 11 is 0. The van der Waals surface area contributed by atoms with Crippen LogP contribution in [0.5, 0.6) is 0 Å². The first-order valence-corrected chi connectivity index (χ1v) is 7.77. The zero-order chi connectivity index (χ0) is 15.5. The fraction of sp³-hybridized carbons (Fsp3) is 0.214. The minimum atomic E-state index is -3.96. The van der Waals surface area contributed by atoms with E-state index in [9.17, 15) is 13.2 Å². The molecule has 0 aromatic heterocycles. The first-order chi connectivity index (χ1) is 9.94. The third kappa shape index (κ3) is 3.57. The van der Waals surface area contributed by atoms with E-state index < -0.39 is 28.6 Å². The Hall–Kier alpha value is -1.96. The van der Waals surface area contributed by atoms with Crippen molar-refractivity contribution in [1.82, 2.24) is 4.72 Å². The van der Waals surface area contributed by atoms with Gasteiger partial charge in [-0.3, -0.25) is 4.79 Å². The van der Waals surface area contributed by atoms with Gasteiger partial charge in [0.2, 0.25) is 10.0 Å². The molecule has 0 spiro atoms. The van der Waals surface area contributed by atoms with Gasteiger partial charge in [0.1, 0.15) is 6.04 Å². The minimum Gasteiger partial charge on any atom is -0.480 e. The van der Waals surface area contributed by atoms with E-state index in [1.807, 2.05) is 12.1 Å². The molecule has 0 saturated carbocycles. The molecule has 112 valence electrons. The van der Waals surface area contributed by atoms with E-state index >= 15 is 0 Å². The van der Waals surface area contributed by atoms with Crippen molar-refractivity contribution in [3.05, 3.63) is 42.5 Å². The number of nitrogens with one attached hydrogen (secondary N) is 1. The summed E-state index contributed by atoms with van der Waals surface area (Å²) in [5, 5.41) is 19.4. The highest BCUT2D eigenvalue weighted by atomic mass is 32.2. The molecule has 7 heteroatoms. The smallest absolute Gasteiger partial charge is 0.321 e. The molecule has 0 aliphatic rings. The number of aliphatic hydroxyl groups is 1. The van der Waals surface area contributed by atoms with Crippen LogP contribution in [0.25, 0.3) is 10.8 Å². The lowest BCUT2D eigenvalue weighted by atomic mass is 10.1. The Morgan fingerprint density at radius 2 is 1.81 bits per heavy atom. The van der Waals surface area contributed by atoms with Gasteiger partial charge in [0, 0.05) is 6.61 Å². The van der Waals surface area contributed by atoms with Crippen LogP contribution in [-0.2, 0) is 14.8 Å². The highest BCUT2D eigenvalue weighted by Crippen LogP contribution is 2.19. The van der Waals surface area contributed by atoms with Crippen LogP contribution >= 0.6 is 0 Å². The van der Waals surface area contributed by atoms with Crippen LogP contribution < -0.4 is 4.72 Å². The second-order valence-corrected chi connectivity index (χ2v) is 6.25. The largest absolute Gasteiger partial charge is 0.480 e. The molecule has 0 saturated heterocycles. The molecule has 1 atom stereocenters. The molecule has 0 fully saturated rings. The van der Waals surface area contributed by atoms with Gasteiger partial charge in [-0.15, -0.1) is 0 Å². The van der Waals surface area contributed by atoms with Crippen molar-refractivity contribution in [1.29, 1.82) is 0 Å². The Morgan fingerprint density at radius 3 is 2.43 bits per heavy atom. The molecular weight excluding hydrogens is 294 g/mol. The summed E-state index contributed by atoms with van der Waals surface area (Å²) in [5.74, 6) is -1.33. The van der Waals surface area contributed by atoms with Crippen molar-refractivity contribution in [3.8, 4) is 0 Å². The van der Waals surface area contributed by atoms with Crippen LogP contribution in [-0.4, -0.2) is 37.2 Å². The van der Waals surface area contributed by atoms with E-state index in [1.54, 1.807) is 18.2 Å². The van der Waals surface area contributed by atoms with Gasteiger partial charge in [-0.05, 0) is 29.3 Å². The van der Waals surface area contributed by atoms with Gasteiger partial charge in [0.25, 0.3) is 0 Å². The molecule has 6 nitrogen and oxygen atoms in total. The number of carbonyl (C=O) groups is 1. The van der Waals surface area contributed by atoms with Crippen molar-refractivity contribution < 1.29 is 23.4 Å². The fourth-order valence-electron chi connectivity index (χ4n) is 1.95. The zero-order valence-corrected chi connectivity index (χ0v) is 11.9. The molecule has 0 heterocycles. The molecule has 0 aliphatic heterocycles. The summed E-state index contributed by atoms with van der Waals surface area (Å²) in [6, 6.07) is 10.5. The maximum atomic E-state index is 12.2. The van der Waals surface area contributed by atoms with Crippen LogP contribution in [0, 0.1) is 0 Å². The molecule has 0 amide bonds. The fourth-order valence-corrected chi connectivity index (χ4v) is 3.21. The Bertz CT molecular complexity index is 757. The van der Waals surface area contributed by atoms with Gasteiger partial charge in [-0.2, -0.15) is 4.72 Å². The summed E-state index contributed by atoms with van der Waals surface area (Å²) in [6.07, 6.45) is -0.192. The van der Waals surface area contributed by atoms with Crippen molar-refractivity contribution in [3.63, 3.8) is 0 Å². The number of aliphatic carboxylic acids is 1. The lowest BCUT2D eigenvalue weighted by Crippen LogP contribution is -2.41. The van der Waals surface area contributed by atoms with E-state index in [1.165, 1.54) is 12.1 Å². The molecule has 0 unspecified atom stereocenters. The highest BCUT2D eigenvalue weighted by molar-refractivity contribution is 7.89. The van der Waals surface area contributed by atoms with Crippen LogP contribution in [0.2, 0.25) is 0 Å². The maximum Gasteiger partial charge on any atom is 0.321 e. The molecule has 0 radical (unpaired) electrons. The number of benzene rings is 2. The Kier molecular flexibility index (Phi) is 4.56. The number of hydrogen-bond acceptors (Lipinski definition) is 4. The highest BCUT2D eigenvalue weighted by Gasteiger charge is 2.24. The topological polar surface area (TPSA) is 104 Å². The first kappa shape index (κ1) is 15.4.